The molecule has 0 radical (unpaired) electrons. The molecule has 3 aromatic carbocycles. The quantitative estimate of drug-likeness (QED) is 0.278. The summed E-state index contributed by atoms with van der Waals surface area (Å²) in [5, 5.41) is 10.6. The summed E-state index contributed by atoms with van der Waals surface area (Å²) in [5.41, 5.74) is 9.17. The summed E-state index contributed by atoms with van der Waals surface area (Å²) in [6.45, 7) is 3.81. The van der Waals surface area contributed by atoms with E-state index in [0.29, 0.717) is 34.3 Å². The Hall–Kier alpha value is -4.31. The molecular weight excluding hydrogens is 526 g/mol. The van der Waals surface area contributed by atoms with Gasteiger partial charge in [-0.3, -0.25) is 14.7 Å². The molecule has 0 unspecified atom stereocenters. The molecule has 8 nitrogen and oxygen atoms in total. The van der Waals surface area contributed by atoms with Crippen LogP contribution in [0.3, 0.4) is 0 Å². The largest absolute Gasteiger partial charge is 0.398 e. The lowest BCUT2D eigenvalue weighted by molar-refractivity contribution is 0.0708. The Balaban J connectivity index is 1.16. The molecule has 4 aromatic rings. The van der Waals surface area contributed by atoms with Crippen molar-refractivity contribution in [2.45, 2.75) is 38.1 Å². The number of fused-ring (bicyclic) bond motifs is 1. The summed E-state index contributed by atoms with van der Waals surface area (Å²) in [6, 6.07) is 13.9. The van der Waals surface area contributed by atoms with Crippen molar-refractivity contribution in [3.05, 3.63) is 88.5 Å². The van der Waals surface area contributed by atoms with E-state index < -0.39 is 17.5 Å². The van der Waals surface area contributed by atoms with Crippen LogP contribution in [0.1, 0.15) is 57.5 Å². The zero-order valence-electron chi connectivity index (χ0n) is 22.6. The zero-order chi connectivity index (χ0) is 28.5. The first kappa shape index (κ1) is 26.9. The van der Waals surface area contributed by atoms with Gasteiger partial charge in [-0.05, 0) is 98.8 Å². The van der Waals surface area contributed by atoms with Gasteiger partial charge in [-0.25, -0.2) is 8.78 Å². The maximum atomic E-state index is 13.6. The number of amides is 2. The highest BCUT2D eigenvalue weighted by molar-refractivity contribution is 6.11. The summed E-state index contributed by atoms with van der Waals surface area (Å²) in [4.78, 5) is 30.9. The summed E-state index contributed by atoms with van der Waals surface area (Å²) in [7, 11) is 0. The van der Waals surface area contributed by atoms with Crippen molar-refractivity contribution in [3.8, 4) is 0 Å². The Bertz CT molecular complexity index is 1590. The van der Waals surface area contributed by atoms with Crippen LogP contribution in [-0.4, -0.2) is 64.0 Å². The zero-order valence-corrected chi connectivity index (χ0v) is 22.6. The number of nitrogens with zero attached hydrogens (tertiary/aromatic N) is 3. The maximum Gasteiger partial charge on any atom is 0.258 e. The van der Waals surface area contributed by atoms with Crippen LogP contribution < -0.4 is 11.1 Å². The molecule has 2 amide bonds. The molecule has 10 heteroatoms. The molecule has 2 aliphatic rings. The number of anilines is 2. The summed E-state index contributed by atoms with van der Waals surface area (Å²) in [6.07, 6.45) is 4.72. The Labute approximate surface area is 236 Å². The Morgan fingerprint density at radius 3 is 2.49 bits per heavy atom. The number of nitrogens with two attached hydrogens (primary N) is 1. The number of rotatable bonds is 7. The number of aromatic nitrogens is 2. The van der Waals surface area contributed by atoms with Gasteiger partial charge >= 0.3 is 0 Å². The van der Waals surface area contributed by atoms with Gasteiger partial charge in [0.25, 0.3) is 11.8 Å². The van der Waals surface area contributed by atoms with Gasteiger partial charge in [0, 0.05) is 41.8 Å². The summed E-state index contributed by atoms with van der Waals surface area (Å²) >= 11 is 0. The van der Waals surface area contributed by atoms with Crippen LogP contribution in [0.25, 0.3) is 10.9 Å². The molecule has 2 aliphatic heterocycles. The number of nitrogen functional groups attached to an aromatic ring is 1. The molecule has 0 aliphatic carbocycles. The van der Waals surface area contributed by atoms with Crippen LogP contribution in [0.2, 0.25) is 0 Å². The molecular formula is C31H32F2N6O2. The van der Waals surface area contributed by atoms with Gasteiger partial charge in [-0.2, -0.15) is 5.10 Å². The van der Waals surface area contributed by atoms with Crippen molar-refractivity contribution in [1.29, 1.82) is 0 Å². The average molecular weight is 559 g/mol. The lowest BCUT2D eigenvalue weighted by Crippen LogP contribution is -2.42. The minimum atomic E-state index is -0.634. The van der Waals surface area contributed by atoms with E-state index in [0.717, 1.165) is 50.7 Å². The van der Waals surface area contributed by atoms with Gasteiger partial charge in [0.2, 0.25) is 0 Å². The molecule has 0 spiro atoms. The van der Waals surface area contributed by atoms with Crippen molar-refractivity contribution in [1.82, 2.24) is 20.0 Å². The fraction of sp³-hybridized carbons (Fsp3) is 0.323. The Kier molecular flexibility index (Phi) is 7.40. The smallest absolute Gasteiger partial charge is 0.258 e. The molecule has 6 rings (SSSR count). The van der Waals surface area contributed by atoms with Crippen LogP contribution in [-0.2, 0) is 6.42 Å². The minimum Gasteiger partial charge on any atom is -0.398 e. The SMILES string of the molecule is Nc1cc(C(=O)N2CCC[C@@H]2CN2CCCC2)ccc1C(=O)Nc1n[nH]c2ccc(Cc3cc(F)cc(F)c3)cc12. The predicted molar refractivity (Wildman–Crippen MR) is 154 cm³/mol. The second-order valence-corrected chi connectivity index (χ2v) is 11.0. The maximum absolute atomic E-state index is 13.6. The number of halogens is 2. The molecule has 1 aromatic heterocycles. The van der Waals surface area contributed by atoms with E-state index in [1.54, 1.807) is 24.3 Å². The lowest BCUT2D eigenvalue weighted by atomic mass is 10.0. The lowest BCUT2D eigenvalue weighted by Gasteiger charge is -2.28. The van der Waals surface area contributed by atoms with Crippen molar-refractivity contribution >= 4 is 34.2 Å². The van der Waals surface area contributed by atoms with Gasteiger partial charge in [0.05, 0.1) is 11.1 Å². The molecule has 4 N–H and O–H groups in total. The fourth-order valence-electron chi connectivity index (χ4n) is 6.01. The number of nitrogens with one attached hydrogen (secondary N) is 2. The molecule has 3 heterocycles. The van der Waals surface area contributed by atoms with Crippen molar-refractivity contribution in [2.75, 3.05) is 37.2 Å². The third-order valence-corrected chi connectivity index (χ3v) is 8.04. The van der Waals surface area contributed by atoms with E-state index in [1.165, 1.54) is 25.0 Å². The first-order valence-corrected chi connectivity index (χ1v) is 14.0. The summed E-state index contributed by atoms with van der Waals surface area (Å²) < 4.78 is 27.3. The third-order valence-electron chi connectivity index (χ3n) is 8.04. The van der Waals surface area contributed by atoms with Gasteiger partial charge in [0.1, 0.15) is 11.6 Å². The Morgan fingerprint density at radius 2 is 1.73 bits per heavy atom. The van der Waals surface area contributed by atoms with Gasteiger partial charge in [-0.1, -0.05) is 6.07 Å². The molecule has 212 valence electrons. The van der Waals surface area contributed by atoms with Crippen LogP contribution in [0.5, 0.6) is 0 Å². The van der Waals surface area contributed by atoms with E-state index in [1.807, 2.05) is 17.0 Å². The van der Waals surface area contributed by atoms with Crippen molar-refractivity contribution in [3.63, 3.8) is 0 Å². The van der Waals surface area contributed by atoms with Crippen LogP contribution >= 0.6 is 0 Å². The number of carbonyl (C=O) groups is 2. The standard InChI is InChI=1S/C31H32F2N6O2/c32-22-13-20(14-23(33)17-22)12-19-5-8-28-26(15-19)29(37-36-28)35-30(40)25-7-6-21(16-27(25)34)31(41)39-11-3-4-24(39)18-38-9-1-2-10-38/h5-8,13-17,24H,1-4,9-12,18,34H2,(H2,35,36,37,40)/t24-/m1/s1. The molecule has 0 saturated carbocycles. The van der Waals surface area contributed by atoms with E-state index >= 15 is 0 Å². The second-order valence-electron chi connectivity index (χ2n) is 11.0. The molecule has 1 atom stereocenters. The minimum absolute atomic E-state index is 0.0608. The second kappa shape index (κ2) is 11.3. The normalized spacial score (nSPS) is 17.4. The fourth-order valence-corrected chi connectivity index (χ4v) is 6.01. The third kappa shape index (κ3) is 5.78. The number of likely N-dealkylation sites (tertiary alicyclic amines) is 2. The first-order valence-electron chi connectivity index (χ1n) is 14.0. The van der Waals surface area contributed by atoms with Crippen molar-refractivity contribution < 1.29 is 18.4 Å². The van der Waals surface area contributed by atoms with E-state index in [4.69, 9.17) is 5.73 Å². The molecule has 41 heavy (non-hydrogen) atoms. The number of hydrogen-bond acceptors (Lipinski definition) is 5. The topological polar surface area (TPSA) is 107 Å². The van der Waals surface area contributed by atoms with Gasteiger partial charge in [0.15, 0.2) is 5.82 Å². The van der Waals surface area contributed by atoms with E-state index in [2.05, 4.69) is 20.4 Å². The van der Waals surface area contributed by atoms with Gasteiger partial charge in [-0.15, -0.1) is 0 Å². The number of carbonyl (C=O) groups excluding carboxylic acids is 2. The first-order chi connectivity index (χ1) is 19.8. The average Bonchev–Trinajstić information content (AvgIpc) is 3.70. The van der Waals surface area contributed by atoms with Crippen LogP contribution in [0.4, 0.5) is 20.3 Å². The highest BCUT2D eigenvalue weighted by atomic mass is 19.1. The Morgan fingerprint density at radius 1 is 0.951 bits per heavy atom. The van der Waals surface area contributed by atoms with Crippen LogP contribution in [0.15, 0.2) is 54.6 Å². The number of H-pyrrole nitrogens is 1. The number of benzene rings is 3. The summed E-state index contributed by atoms with van der Waals surface area (Å²) in [5.74, 6) is -1.48. The predicted octanol–water partition coefficient (Wildman–Crippen LogP) is 4.97. The molecule has 2 saturated heterocycles. The number of aromatic amines is 1. The van der Waals surface area contributed by atoms with Crippen molar-refractivity contribution in [2.24, 2.45) is 0 Å². The van der Waals surface area contributed by atoms with E-state index in [-0.39, 0.29) is 23.2 Å². The van der Waals surface area contributed by atoms with Gasteiger partial charge < -0.3 is 20.9 Å². The highest BCUT2D eigenvalue weighted by Gasteiger charge is 2.31. The molecule has 2 fully saturated rings. The molecule has 0 bridgehead atoms. The monoisotopic (exact) mass is 558 g/mol. The number of hydrogen-bond donors (Lipinski definition) is 3. The highest BCUT2D eigenvalue weighted by Crippen LogP contribution is 2.27. The van der Waals surface area contributed by atoms with Crippen LogP contribution in [0, 0.1) is 11.6 Å². The van der Waals surface area contributed by atoms with E-state index in [9.17, 15) is 18.4 Å².